The van der Waals surface area contributed by atoms with Gasteiger partial charge in [0.05, 0.1) is 24.9 Å². The van der Waals surface area contributed by atoms with Gasteiger partial charge in [0.15, 0.2) is 11.5 Å². The quantitative estimate of drug-likeness (QED) is 0.896. The Labute approximate surface area is 145 Å². The number of fused-ring (bicyclic) bond motifs is 1. The third-order valence-electron chi connectivity index (χ3n) is 3.87. The molecule has 1 aliphatic rings. The SMILES string of the molecule is O=C(CCc1ccccc1)Nc1cc2c(cc1C(=O)[O-])OCCCO2. The first-order valence-electron chi connectivity index (χ1n) is 8.12. The molecule has 0 aliphatic carbocycles. The number of anilines is 1. The van der Waals surface area contributed by atoms with Crippen molar-refractivity contribution in [3.63, 3.8) is 0 Å². The lowest BCUT2D eigenvalue weighted by atomic mass is 10.1. The Morgan fingerprint density at radius 1 is 1.04 bits per heavy atom. The molecule has 1 amide bonds. The fourth-order valence-electron chi connectivity index (χ4n) is 2.60. The zero-order valence-electron chi connectivity index (χ0n) is 13.6. The first kappa shape index (κ1) is 16.8. The van der Waals surface area contributed by atoms with E-state index in [2.05, 4.69) is 5.32 Å². The molecular weight excluding hydrogens is 322 g/mol. The van der Waals surface area contributed by atoms with E-state index in [0.29, 0.717) is 37.6 Å². The molecule has 1 aliphatic heterocycles. The summed E-state index contributed by atoms with van der Waals surface area (Å²) in [4.78, 5) is 23.6. The average molecular weight is 340 g/mol. The molecule has 6 heteroatoms. The fraction of sp³-hybridized carbons (Fsp3) is 0.263. The van der Waals surface area contributed by atoms with Crippen LogP contribution < -0.4 is 19.9 Å². The van der Waals surface area contributed by atoms with E-state index in [1.54, 1.807) is 0 Å². The van der Waals surface area contributed by atoms with Gasteiger partial charge in [0.25, 0.3) is 0 Å². The van der Waals surface area contributed by atoms with E-state index in [9.17, 15) is 14.7 Å². The largest absolute Gasteiger partial charge is 0.545 e. The zero-order valence-corrected chi connectivity index (χ0v) is 13.6. The minimum absolute atomic E-state index is 0.127. The summed E-state index contributed by atoms with van der Waals surface area (Å²) in [5.41, 5.74) is 1.07. The molecule has 1 heterocycles. The third kappa shape index (κ3) is 4.29. The minimum atomic E-state index is -1.38. The second kappa shape index (κ2) is 7.70. The topological polar surface area (TPSA) is 87.7 Å². The lowest BCUT2D eigenvalue weighted by molar-refractivity contribution is -0.254. The molecule has 2 aromatic rings. The summed E-state index contributed by atoms with van der Waals surface area (Å²) in [5.74, 6) is -0.894. The number of aryl methyl sites for hydroxylation is 1. The van der Waals surface area contributed by atoms with Crippen LogP contribution in [-0.4, -0.2) is 25.1 Å². The number of carbonyl (C=O) groups excluding carboxylic acids is 2. The van der Waals surface area contributed by atoms with Gasteiger partial charge in [-0.05, 0) is 18.1 Å². The first-order valence-corrected chi connectivity index (χ1v) is 8.12. The summed E-state index contributed by atoms with van der Waals surface area (Å²) in [6.45, 7) is 0.918. The molecule has 3 rings (SSSR count). The summed E-state index contributed by atoms with van der Waals surface area (Å²) >= 11 is 0. The Bertz CT molecular complexity index is 773. The van der Waals surface area contributed by atoms with Crippen LogP contribution in [-0.2, 0) is 11.2 Å². The maximum absolute atomic E-state index is 12.2. The molecule has 0 saturated carbocycles. The van der Waals surface area contributed by atoms with Crippen molar-refractivity contribution in [2.45, 2.75) is 19.3 Å². The summed E-state index contributed by atoms with van der Waals surface area (Å²) < 4.78 is 11.0. The number of amides is 1. The molecule has 0 unspecified atom stereocenters. The highest BCUT2D eigenvalue weighted by molar-refractivity contribution is 6.00. The Kier molecular flexibility index (Phi) is 5.18. The first-order chi connectivity index (χ1) is 12.1. The lowest BCUT2D eigenvalue weighted by Crippen LogP contribution is -2.25. The van der Waals surface area contributed by atoms with Gasteiger partial charge in [0.2, 0.25) is 5.91 Å². The van der Waals surface area contributed by atoms with Gasteiger partial charge in [-0.15, -0.1) is 0 Å². The fourth-order valence-corrected chi connectivity index (χ4v) is 2.60. The number of carbonyl (C=O) groups is 2. The molecule has 1 N–H and O–H groups in total. The van der Waals surface area contributed by atoms with Gasteiger partial charge < -0.3 is 24.7 Å². The Morgan fingerprint density at radius 2 is 1.72 bits per heavy atom. The van der Waals surface area contributed by atoms with Gasteiger partial charge in [-0.3, -0.25) is 4.79 Å². The van der Waals surface area contributed by atoms with Crippen molar-refractivity contribution in [1.29, 1.82) is 0 Å². The highest BCUT2D eigenvalue weighted by Gasteiger charge is 2.17. The number of hydrogen-bond donors (Lipinski definition) is 1. The Hall–Kier alpha value is -3.02. The van der Waals surface area contributed by atoms with Gasteiger partial charge in [0.1, 0.15) is 0 Å². The number of benzene rings is 2. The van der Waals surface area contributed by atoms with Crippen LogP contribution >= 0.6 is 0 Å². The molecule has 0 bridgehead atoms. The molecule has 25 heavy (non-hydrogen) atoms. The van der Waals surface area contributed by atoms with Crippen LogP contribution in [0.3, 0.4) is 0 Å². The number of aromatic carboxylic acids is 1. The monoisotopic (exact) mass is 340 g/mol. The standard InChI is InChI=1S/C19H19NO5/c21-18(8-7-13-5-2-1-3-6-13)20-15-12-17-16(11-14(15)19(22)23)24-9-4-10-25-17/h1-3,5-6,11-12H,4,7-10H2,(H,20,21)(H,22,23)/p-1. The van der Waals surface area contributed by atoms with E-state index in [1.807, 2.05) is 30.3 Å². The van der Waals surface area contributed by atoms with Crippen LogP contribution in [0, 0.1) is 0 Å². The molecule has 130 valence electrons. The second-order valence-corrected chi connectivity index (χ2v) is 5.72. The van der Waals surface area contributed by atoms with E-state index in [4.69, 9.17) is 9.47 Å². The van der Waals surface area contributed by atoms with Gasteiger partial charge >= 0.3 is 0 Å². The minimum Gasteiger partial charge on any atom is -0.545 e. The highest BCUT2D eigenvalue weighted by Crippen LogP contribution is 2.35. The molecule has 0 radical (unpaired) electrons. The van der Waals surface area contributed by atoms with E-state index in [1.165, 1.54) is 12.1 Å². The highest BCUT2D eigenvalue weighted by atomic mass is 16.5. The van der Waals surface area contributed by atoms with E-state index < -0.39 is 5.97 Å². The molecule has 0 saturated heterocycles. The molecule has 0 aromatic heterocycles. The second-order valence-electron chi connectivity index (χ2n) is 5.72. The van der Waals surface area contributed by atoms with Gasteiger partial charge in [0, 0.05) is 24.5 Å². The van der Waals surface area contributed by atoms with Crippen molar-refractivity contribution >= 4 is 17.6 Å². The smallest absolute Gasteiger partial charge is 0.224 e. The number of carboxylic acids is 1. The van der Waals surface area contributed by atoms with Crippen molar-refractivity contribution in [3.05, 3.63) is 53.6 Å². The molecule has 0 fully saturated rings. The summed E-state index contributed by atoms with van der Waals surface area (Å²) in [6.07, 6.45) is 1.51. The number of nitrogens with one attached hydrogen (secondary N) is 1. The maximum Gasteiger partial charge on any atom is 0.224 e. The normalized spacial score (nSPS) is 13.0. The van der Waals surface area contributed by atoms with Crippen LogP contribution in [0.5, 0.6) is 11.5 Å². The Morgan fingerprint density at radius 3 is 2.40 bits per heavy atom. The number of ether oxygens (including phenoxy) is 2. The maximum atomic E-state index is 12.2. The van der Waals surface area contributed by atoms with Crippen molar-refractivity contribution < 1.29 is 24.2 Å². The summed E-state index contributed by atoms with van der Waals surface area (Å²) in [6, 6.07) is 12.4. The van der Waals surface area contributed by atoms with Crippen LogP contribution in [0.4, 0.5) is 5.69 Å². The Balaban J connectivity index is 1.75. The van der Waals surface area contributed by atoms with Gasteiger partial charge in [-0.2, -0.15) is 0 Å². The van der Waals surface area contributed by atoms with Crippen LogP contribution in [0.25, 0.3) is 0 Å². The number of carboxylic acid groups (broad SMARTS) is 1. The molecule has 0 spiro atoms. The number of rotatable bonds is 5. The number of hydrogen-bond acceptors (Lipinski definition) is 5. The van der Waals surface area contributed by atoms with E-state index in [0.717, 1.165) is 5.56 Å². The van der Waals surface area contributed by atoms with Crippen molar-refractivity contribution in [2.75, 3.05) is 18.5 Å². The summed E-state index contributed by atoms with van der Waals surface area (Å²) in [5, 5.41) is 14.0. The predicted molar refractivity (Wildman–Crippen MR) is 89.8 cm³/mol. The molecule has 2 aromatic carbocycles. The summed E-state index contributed by atoms with van der Waals surface area (Å²) in [7, 11) is 0. The van der Waals surface area contributed by atoms with Gasteiger partial charge in [-0.25, -0.2) is 0 Å². The third-order valence-corrected chi connectivity index (χ3v) is 3.87. The molecule has 6 nitrogen and oxygen atoms in total. The molecular formula is C19H18NO5-. The van der Waals surface area contributed by atoms with Crippen molar-refractivity contribution in [1.82, 2.24) is 0 Å². The van der Waals surface area contributed by atoms with Crippen molar-refractivity contribution in [3.8, 4) is 11.5 Å². The van der Waals surface area contributed by atoms with Gasteiger partial charge in [-0.1, -0.05) is 30.3 Å². The average Bonchev–Trinajstić information content (AvgIpc) is 2.85. The van der Waals surface area contributed by atoms with Crippen LogP contribution in [0.1, 0.15) is 28.8 Å². The van der Waals surface area contributed by atoms with E-state index >= 15 is 0 Å². The molecule has 0 atom stereocenters. The lowest BCUT2D eigenvalue weighted by Gasteiger charge is -2.16. The van der Waals surface area contributed by atoms with Crippen LogP contribution in [0.2, 0.25) is 0 Å². The van der Waals surface area contributed by atoms with Crippen LogP contribution in [0.15, 0.2) is 42.5 Å². The van der Waals surface area contributed by atoms with Crippen molar-refractivity contribution in [2.24, 2.45) is 0 Å². The van der Waals surface area contributed by atoms with E-state index in [-0.39, 0.29) is 23.6 Å². The zero-order chi connectivity index (χ0) is 17.6. The predicted octanol–water partition coefficient (Wildman–Crippen LogP) is 1.78.